The van der Waals surface area contributed by atoms with Gasteiger partial charge in [0.05, 0.1) is 25.4 Å². The first-order chi connectivity index (χ1) is 17.6. The summed E-state index contributed by atoms with van der Waals surface area (Å²) in [5.74, 6) is 0.791. The van der Waals surface area contributed by atoms with Gasteiger partial charge in [-0.1, -0.05) is 60.1 Å². The van der Waals surface area contributed by atoms with Crippen molar-refractivity contribution in [1.29, 1.82) is 0 Å². The molecule has 7 heteroatoms. The molecule has 186 valence electrons. The summed E-state index contributed by atoms with van der Waals surface area (Å²) in [5, 5.41) is 7.12. The highest BCUT2D eigenvalue weighted by atomic mass is 35.5. The number of hydrazone groups is 1. The molecule has 2 aliphatic heterocycles. The Morgan fingerprint density at radius 3 is 2.28 bits per heavy atom. The molecule has 0 aliphatic carbocycles. The zero-order valence-electron chi connectivity index (χ0n) is 20.5. The molecule has 3 aromatic rings. The molecule has 6 nitrogen and oxygen atoms in total. The fourth-order valence-electron chi connectivity index (χ4n) is 4.90. The molecule has 36 heavy (non-hydrogen) atoms. The van der Waals surface area contributed by atoms with Crippen LogP contribution in [0.4, 0.5) is 0 Å². The van der Waals surface area contributed by atoms with E-state index in [0.29, 0.717) is 18.0 Å². The van der Waals surface area contributed by atoms with Gasteiger partial charge < -0.3 is 4.74 Å². The molecular formula is C29H31ClN4O2. The van der Waals surface area contributed by atoms with Crippen LogP contribution in [0.25, 0.3) is 0 Å². The third kappa shape index (κ3) is 5.62. The number of carbonyl (C=O) groups is 1. The summed E-state index contributed by atoms with van der Waals surface area (Å²) >= 11 is 6.56. The van der Waals surface area contributed by atoms with Crippen LogP contribution in [0.3, 0.4) is 0 Å². The van der Waals surface area contributed by atoms with Crippen molar-refractivity contribution >= 4 is 23.2 Å². The van der Waals surface area contributed by atoms with Crippen molar-refractivity contribution < 1.29 is 9.53 Å². The van der Waals surface area contributed by atoms with Crippen LogP contribution in [0.5, 0.6) is 5.75 Å². The van der Waals surface area contributed by atoms with Crippen molar-refractivity contribution in [3.8, 4) is 5.75 Å². The first-order valence-corrected chi connectivity index (χ1v) is 12.8. The van der Waals surface area contributed by atoms with Gasteiger partial charge in [-0.3, -0.25) is 14.6 Å². The van der Waals surface area contributed by atoms with E-state index in [1.165, 1.54) is 5.56 Å². The van der Waals surface area contributed by atoms with E-state index in [-0.39, 0.29) is 11.9 Å². The minimum absolute atomic E-state index is 0.0000548. The number of hydrogen-bond acceptors (Lipinski definition) is 5. The fourth-order valence-corrected chi connectivity index (χ4v) is 5.16. The largest absolute Gasteiger partial charge is 0.497 e. The zero-order valence-corrected chi connectivity index (χ0v) is 21.3. The summed E-state index contributed by atoms with van der Waals surface area (Å²) in [6.45, 7) is 4.89. The number of amides is 1. The number of benzene rings is 3. The smallest absolute Gasteiger partial charge is 0.257 e. The molecule has 1 saturated heterocycles. The maximum absolute atomic E-state index is 13.6. The highest BCUT2D eigenvalue weighted by Crippen LogP contribution is 2.36. The number of halogens is 1. The Morgan fingerprint density at radius 1 is 0.917 bits per heavy atom. The van der Waals surface area contributed by atoms with Crippen LogP contribution < -0.4 is 4.74 Å². The quantitative estimate of drug-likeness (QED) is 0.463. The minimum atomic E-state index is -0.220. The molecule has 1 amide bonds. The minimum Gasteiger partial charge on any atom is -0.497 e. The fraction of sp³-hybridized carbons (Fsp3) is 0.310. The maximum atomic E-state index is 13.6. The average molecular weight is 503 g/mol. The topological polar surface area (TPSA) is 48.4 Å². The Labute approximate surface area is 217 Å². The van der Waals surface area contributed by atoms with Crippen LogP contribution in [0.1, 0.15) is 29.2 Å². The van der Waals surface area contributed by atoms with E-state index in [9.17, 15) is 4.79 Å². The Kier molecular flexibility index (Phi) is 7.66. The lowest BCUT2D eigenvalue weighted by molar-refractivity contribution is -0.134. The number of hydrogen-bond donors (Lipinski definition) is 0. The normalized spacial score (nSPS) is 18.8. The lowest BCUT2D eigenvalue weighted by atomic mass is 9.98. The van der Waals surface area contributed by atoms with Crippen LogP contribution >= 0.6 is 11.6 Å². The molecule has 0 saturated carbocycles. The van der Waals surface area contributed by atoms with Crippen LogP contribution in [0, 0.1) is 0 Å². The van der Waals surface area contributed by atoms with Gasteiger partial charge in [-0.15, -0.1) is 0 Å². The standard InChI is InChI=1S/C29H31ClN4O2/c1-36-24-13-11-23(12-14-24)27-19-28(25-9-5-6-10-26(25)30)34(31-27)29(35)21-33-17-15-32(16-18-33)20-22-7-3-2-4-8-22/h2-14,28H,15-21H2,1H3/t28-/m0/s1. The van der Waals surface area contributed by atoms with Crippen LogP contribution in [0.2, 0.25) is 5.02 Å². The van der Waals surface area contributed by atoms with E-state index in [4.69, 9.17) is 21.4 Å². The van der Waals surface area contributed by atoms with E-state index in [0.717, 1.165) is 55.3 Å². The summed E-state index contributed by atoms with van der Waals surface area (Å²) in [4.78, 5) is 18.2. The first kappa shape index (κ1) is 24.5. The number of ether oxygens (including phenoxy) is 1. The predicted molar refractivity (Wildman–Crippen MR) is 143 cm³/mol. The highest BCUT2D eigenvalue weighted by molar-refractivity contribution is 6.31. The summed E-state index contributed by atoms with van der Waals surface area (Å²) in [6.07, 6.45) is 0.618. The van der Waals surface area contributed by atoms with Crippen molar-refractivity contribution in [2.24, 2.45) is 5.10 Å². The number of rotatable bonds is 7. The molecule has 0 radical (unpaired) electrons. The van der Waals surface area contributed by atoms with Gasteiger partial charge in [-0.25, -0.2) is 5.01 Å². The second-order valence-corrected chi connectivity index (χ2v) is 9.70. The van der Waals surface area contributed by atoms with E-state index in [2.05, 4.69) is 34.1 Å². The molecule has 3 aromatic carbocycles. The monoisotopic (exact) mass is 502 g/mol. The first-order valence-electron chi connectivity index (χ1n) is 12.4. The van der Waals surface area contributed by atoms with Gasteiger partial charge in [0.1, 0.15) is 5.75 Å². The number of carbonyl (C=O) groups excluding carboxylic acids is 1. The lowest BCUT2D eigenvalue weighted by Gasteiger charge is -2.35. The summed E-state index contributed by atoms with van der Waals surface area (Å²) in [7, 11) is 1.65. The van der Waals surface area contributed by atoms with Gasteiger partial charge in [-0.05, 0) is 47.0 Å². The average Bonchev–Trinajstić information content (AvgIpc) is 3.36. The Morgan fingerprint density at radius 2 is 1.58 bits per heavy atom. The number of piperazine rings is 1. The van der Waals surface area contributed by atoms with Gasteiger partial charge in [0, 0.05) is 44.2 Å². The summed E-state index contributed by atoms with van der Waals surface area (Å²) < 4.78 is 5.29. The molecular weight excluding hydrogens is 472 g/mol. The van der Waals surface area contributed by atoms with Crippen molar-refractivity contribution in [2.75, 3.05) is 39.8 Å². The molecule has 0 bridgehead atoms. The zero-order chi connectivity index (χ0) is 24.9. The third-order valence-electron chi connectivity index (χ3n) is 6.93. The van der Waals surface area contributed by atoms with Crippen molar-refractivity contribution in [2.45, 2.75) is 19.0 Å². The highest BCUT2D eigenvalue weighted by Gasteiger charge is 2.35. The maximum Gasteiger partial charge on any atom is 0.257 e. The Hall–Kier alpha value is -3.19. The van der Waals surface area contributed by atoms with E-state index >= 15 is 0 Å². The molecule has 0 N–H and O–H groups in total. The molecule has 5 rings (SSSR count). The SMILES string of the molecule is COc1ccc(C2=NN(C(=O)CN3CCN(Cc4ccccc4)CC3)[C@H](c3ccccc3Cl)C2)cc1. The Balaban J connectivity index is 1.28. The molecule has 2 aliphatic rings. The molecule has 0 aromatic heterocycles. The second-order valence-electron chi connectivity index (χ2n) is 9.29. The molecule has 0 spiro atoms. The second kappa shape index (κ2) is 11.2. The molecule has 1 fully saturated rings. The Bertz CT molecular complexity index is 1210. The third-order valence-corrected chi connectivity index (χ3v) is 7.27. The van der Waals surface area contributed by atoms with E-state index < -0.39 is 0 Å². The van der Waals surface area contributed by atoms with Gasteiger partial charge in [0.15, 0.2) is 0 Å². The molecule has 0 unspecified atom stereocenters. The van der Waals surface area contributed by atoms with Crippen LogP contribution in [-0.2, 0) is 11.3 Å². The summed E-state index contributed by atoms with van der Waals surface area (Å²) in [6, 6.07) is 25.9. The van der Waals surface area contributed by atoms with Gasteiger partial charge >= 0.3 is 0 Å². The van der Waals surface area contributed by atoms with E-state index in [1.807, 2.05) is 54.6 Å². The number of nitrogens with zero attached hydrogens (tertiary/aromatic N) is 4. The van der Waals surface area contributed by atoms with Gasteiger partial charge in [0.25, 0.3) is 5.91 Å². The van der Waals surface area contributed by atoms with Gasteiger partial charge in [0.2, 0.25) is 0 Å². The summed E-state index contributed by atoms with van der Waals surface area (Å²) in [5.41, 5.74) is 4.11. The van der Waals surface area contributed by atoms with Crippen molar-refractivity contribution in [3.05, 3.63) is 101 Å². The molecule has 1 atom stereocenters. The van der Waals surface area contributed by atoms with Crippen LogP contribution in [0.15, 0.2) is 84.0 Å². The van der Waals surface area contributed by atoms with Crippen molar-refractivity contribution in [3.63, 3.8) is 0 Å². The lowest BCUT2D eigenvalue weighted by Crippen LogP contribution is -2.49. The van der Waals surface area contributed by atoms with E-state index in [1.54, 1.807) is 12.1 Å². The van der Waals surface area contributed by atoms with Crippen molar-refractivity contribution in [1.82, 2.24) is 14.8 Å². The van der Waals surface area contributed by atoms with Crippen LogP contribution in [-0.4, -0.2) is 66.3 Å². The predicted octanol–water partition coefficient (Wildman–Crippen LogP) is 4.84. The van der Waals surface area contributed by atoms with Gasteiger partial charge in [-0.2, -0.15) is 5.10 Å². The number of methoxy groups -OCH3 is 1. The molecule has 2 heterocycles.